The highest BCUT2D eigenvalue weighted by Crippen LogP contribution is 2.37. The molecular weight excluding hydrogens is 487 g/mol. The first-order chi connectivity index (χ1) is 12.8. The Kier molecular flexibility index (Phi) is 5.81. The van der Waals surface area contributed by atoms with Gasteiger partial charge in [-0.05, 0) is 30.3 Å². The number of rotatable bonds is 4. The number of benzene rings is 2. The highest BCUT2D eigenvalue weighted by Gasteiger charge is 2.33. The van der Waals surface area contributed by atoms with Crippen LogP contribution < -0.4 is 0 Å². The van der Waals surface area contributed by atoms with Crippen LogP contribution in [0.25, 0.3) is 22.5 Å². The fourth-order valence-electron chi connectivity index (χ4n) is 2.63. The van der Waals surface area contributed by atoms with Gasteiger partial charge in [-0.3, -0.25) is 4.79 Å². The summed E-state index contributed by atoms with van der Waals surface area (Å²) in [6, 6.07) is 15.4. The average molecular weight is 499 g/mol. The molecule has 0 saturated carbocycles. The van der Waals surface area contributed by atoms with Crippen LogP contribution in [0.2, 0.25) is 0 Å². The van der Waals surface area contributed by atoms with Crippen LogP contribution >= 0.6 is 31.9 Å². The highest BCUT2D eigenvalue weighted by molar-refractivity contribution is 9.10. The molecule has 138 valence electrons. The Morgan fingerprint density at radius 2 is 1.59 bits per heavy atom. The highest BCUT2D eigenvalue weighted by atomic mass is 79.9. The lowest BCUT2D eigenvalue weighted by Crippen LogP contribution is -2.08. The summed E-state index contributed by atoms with van der Waals surface area (Å²) >= 11 is 6.46. The second-order valence-electron chi connectivity index (χ2n) is 5.73. The summed E-state index contributed by atoms with van der Waals surface area (Å²) in [6.45, 7) is 0. The third-order valence-corrected chi connectivity index (χ3v) is 4.96. The van der Waals surface area contributed by atoms with Gasteiger partial charge in [0.1, 0.15) is 0 Å². The minimum atomic E-state index is -4.52. The SMILES string of the molecule is O=C(CBr)c1cc(-c2ccc(Br)cc2)nc(-c2ccccc2C(F)(F)F)c1. The van der Waals surface area contributed by atoms with Gasteiger partial charge in [-0.25, -0.2) is 4.98 Å². The summed E-state index contributed by atoms with van der Waals surface area (Å²) in [5, 5.41) is 0.0666. The van der Waals surface area contributed by atoms with E-state index in [1.165, 1.54) is 24.3 Å². The van der Waals surface area contributed by atoms with Crippen LogP contribution in [0.15, 0.2) is 65.1 Å². The number of aromatic nitrogens is 1. The van der Waals surface area contributed by atoms with Crippen molar-refractivity contribution >= 4 is 37.6 Å². The molecule has 0 unspecified atom stereocenters. The molecule has 0 aliphatic rings. The van der Waals surface area contributed by atoms with E-state index in [0.717, 1.165) is 10.5 Å². The largest absolute Gasteiger partial charge is 0.417 e. The van der Waals surface area contributed by atoms with E-state index in [-0.39, 0.29) is 22.4 Å². The molecule has 0 aliphatic carbocycles. The lowest BCUT2D eigenvalue weighted by Gasteiger charge is -2.14. The van der Waals surface area contributed by atoms with Gasteiger partial charge in [0.2, 0.25) is 0 Å². The van der Waals surface area contributed by atoms with E-state index in [4.69, 9.17) is 0 Å². The number of pyridine rings is 1. The smallest absolute Gasteiger partial charge is 0.293 e. The average Bonchev–Trinajstić information content (AvgIpc) is 2.67. The van der Waals surface area contributed by atoms with Crippen molar-refractivity contribution < 1.29 is 18.0 Å². The van der Waals surface area contributed by atoms with Crippen LogP contribution in [-0.2, 0) is 6.18 Å². The lowest BCUT2D eigenvalue weighted by molar-refractivity contribution is -0.137. The van der Waals surface area contributed by atoms with Crippen LogP contribution in [0.1, 0.15) is 15.9 Å². The monoisotopic (exact) mass is 497 g/mol. The predicted octanol–water partition coefficient (Wildman–Crippen LogP) is 6.77. The van der Waals surface area contributed by atoms with Crippen LogP contribution in [0.4, 0.5) is 13.2 Å². The van der Waals surface area contributed by atoms with Crippen molar-refractivity contribution in [2.75, 3.05) is 5.33 Å². The summed E-state index contributed by atoms with van der Waals surface area (Å²) in [5.74, 6) is -0.235. The quantitative estimate of drug-likeness (QED) is 0.293. The normalized spacial score (nSPS) is 11.4. The van der Waals surface area contributed by atoms with E-state index in [2.05, 4.69) is 36.8 Å². The summed E-state index contributed by atoms with van der Waals surface area (Å²) < 4.78 is 41.1. The van der Waals surface area contributed by atoms with Gasteiger partial charge >= 0.3 is 6.18 Å². The van der Waals surface area contributed by atoms with Crippen LogP contribution in [0.5, 0.6) is 0 Å². The molecule has 2 nitrogen and oxygen atoms in total. The molecule has 3 rings (SSSR count). The summed E-state index contributed by atoms with van der Waals surface area (Å²) in [4.78, 5) is 16.6. The molecule has 27 heavy (non-hydrogen) atoms. The van der Waals surface area contributed by atoms with Gasteiger partial charge in [0.05, 0.1) is 22.3 Å². The molecule has 1 aromatic heterocycles. The van der Waals surface area contributed by atoms with Gasteiger partial charge in [-0.15, -0.1) is 0 Å². The predicted molar refractivity (Wildman–Crippen MR) is 106 cm³/mol. The van der Waals surface area contributed by atoms with E-state index in [9.17, 15) is 18.0 Å². The van der Waals surface area contributed by atoms with Crippen LogP contribution in [0, 0.1) is 0 Å². The van der Waals surface area contributed by atoms with Gasteiger partial charge in [0.15, 0.2) is 5.78 Å². The molecular formula is C20H12Br2F3NO. The van der Waals surface area contributed by atoms with Gasteiger partial charge in [-0.2, -0.15) is 13.2 Å². The summed E-state index contributed by atoms with van der Waals surface area (Å²) in [5.41, 5.74) is 0.684. The Bertz CT molecular complexity index is 985. The fraction of sp³-hybridized carbons (Fsp3) is 0.100. The second-order valence-corrected chi connectivity index (χ2v) is 7.21. The summed E-state index contributed by atoms with van der Waals surface area (Å²) in [6.07, 6.45) is -4.52. The first-order valence-corrected chi connectivity index (χ1v) is 9.75. The number of carbonyl (C=O) groups excluding carboxylic acids is 1. The van der Waals surface area contributed by atoms with Crippen molar-refractivity contribution in [3.63, 3.8) is 0 Å². The molecule has 1 heterocycles. The maximum atomic E-state index is 13.4. The van der Waals surface area contributed by atoms with Crippen molar-refractivity contribution in [3.8, 4) is 22.5 Å². The molecule has 7 heteroatoms. The zero-order chi connectivity index (χ0) is 19.6. The fourth-order valence-corrected chi connectivity index (χ4v) is 3.22. The van der Waals surface area contributed by atoms with Gasteiger partial charge < -0.3 is 0 Å². The third-order valence-electron chi connectivity index (χ3n) is 3.92. The van der Waals surface area contributed by atoms with Gasteiger partial charge in [0.25, 0.3) is 0 Å². The van der Waals surface area contributed by atoms with E-state index in [1.54, 1.807) is 30.3 Å². The first-order valence-electron chi connectivity index (χ1n) is 7.83. The molecule has 0 aliphatic heterocycles. The second kappa shape index (κ2) is 7.94. The van der Waals surface area contributed by atoms with Crippen molar-refractivity contribution in [2.45, 2.75) is 6.18 Å². The number of ketones is 1. The number of alkyl halides is 4. The number of Topliss-reactive ketones (excluding diaryl/α,β-unsaturated/α-hetero) is 1. The van der Waals surface area contributed by atoms with Crippen LogP contribution in [-0.4, -0.2) is 16.1 Å². The van der Waals surface area contributed by atoms with Gasteiger partial charge in [0, 0.05) is 21.2 Å². The van der Waals surface area contributed by atoms with E-state index in [0.29, 0.717) is 16.8 Å². The molecule has 0 atom stereocenters. The maximum absolute atomic E-state index is 13.4. The Labute approximate surface area is 170 Å². The molecule has 0 bridgehead atoms. The van der Waals surface area contributed by atoms with Crippen molar-refractivity contribution in [1.29, 1.82) is 0 Å². The minimum Gasteiger partial charge on any atom is -0.293 e. The number of hydrogen-bond donors (Lipinski definition) is 0. The van der Waals surface area contributed by atoms with Gasteiger partial charge in [-0.1, -0.05) is 62.2 Å². The van der Waals surface area contributed by atoms with E-state index >= 15 is 0 Å². The minimum absolute atomic E-state index is 0.0624. The number of halogens is 5. The number of carbonyl (C=O) groups is 1. The number of nitrogens with zero attached hydrogens (tertiary/aromatic N) is 1. The summed E-state index contributed by atoms with van der Waals surface area (Å²) in [7, 11) is 0. The Morgan fingerprint density at radius 3 is 2.22 bits per heavy atom. The molecule has 0 N–H and O–H groups in total. The maximum Gasteiger partial charge on any atom is 0.417 e. The van der Waals surface area contributed by atoms with E-state index in [1.807, 2.05) is 0 Å². The van der Waals surface area contributed by atoms with Crippen molar-refractivity contribution in [1.82, 2.24) is 4.98 Å². The Hall–Kier alpha value is -1.99. The first kappa shape index (κ1) is 19.8. The van der Waals surface area contributed by atoms with E-state index < -0.39 is 11.7 Å². The van der Waals surface area contributed by atoms with Crippen molar-refractivity contribution in [3.05, 3.63) is 76.3 Å². The van der Waals surface area contributed by atoms with Crippen LogP contribution in [0.3, 0.4) is 0 Å². The number of hydrogen-bond acceptors (Lipinski definition) is 2. The van der Waals surface area contributed by atoms with Crippen molar-refractivity contribution in [2.24, 2.45) is 0 Å². The Balaban J connectivity index is 2.23. The molecule has 0 saturated heterocycles. The third kappa shape index (κ3) is 4.47. The molecule has 2 aromatic carbocycles. The molecule has 3 aromatic rings. The molecule has 0 amide bonds. The molecule has 0 spiro atoms. The molecule has 0 radical (unpaired) electrons. The topological polar surface area (TPSA) is 30.0 Å². The standard InChI is InChI=1S/C20H12Br2F3NO/c21-11-19(27)13-9-17(12-5-7-14(22)8-6-12)26-18(10-13)15-3-1-2-4-16(15)20(23,24)25/h1-10H,11H2. The Morgan fingerprint density at radius 1 is 0.963 bits per heavy atom. The zero-order valence-electron chi connectivity index (χ0n) is 13.7. The lowest BCUT2D eigenvalue weighted by atomic mass is 9.99. The zero-order valence-corrected chi connectivity index (χ0v) is 16.9. The molecule has 0 fully saturated rings.